The molecule has 0 saturated heterocycles. The highest BCUT2D eigenvalue weighted by Gasteiger charge is 2.10. The van der Waals surface area contributed by atoms with Gasteiger partial charge in [-0.1, -0.05) is 18.2 Å². The van der Waals surface area contributed by atoms with Gasteiger partial charge in [-0.3, -0.25) is 14.6 Å². The van der Waals surface area contributed by atoms with Crippen LogP contribution in [0.3, 0.4) is 0 Å². The minimum atomic E-state index is -0.935. The van der Waals surface area contributed by atoms with Gasteiger partial charge in [-0.2, -0.15) is 0 Å². The molecule has 0 aliphatic rings. The molecule has 2 rings (SSSR count). The zero-order chi connectivity index (χ0) is 14.5. The first-order valence-electron chi connectivity index (χ1n) is 6.20. The predicted octanol–water partition coefficient (Wildman–Crippen LogP) is 1.84. The summed E-state index contributed by atoms with van der Waals surface area (Å²) >= 11 is 0. The lowest BCUT2D eigenvalue weighted by atomic mass is 10.1. The minimum Gasteiger partial charge on any atom is -0.481 e. The quantitative estimate of drug-likeness (QED) is 0.772. The van der Waals surface area contributed by atoms with Crippen molar-refractivity contribution in [2.24, 2.45) is 0 Å². The fraction of sp³-hybridized carbons (Fsp3) is 0.214. The number of carbonyl (C=O) groups is 1. The highest BCUT2D eigenvalue weighted by atomic mass is 16.4. The molecule has 104 valence electrons. The van der Waals surface area contributed by atoms with E-state index in [9.17, 15) is 9.59 Å². The van der Waals surface area contributed by atoms with Gasteiger partial charge < -0.3 is 10.4 Å². The van der Waals surface area contributed by atoms with E-state index in [1.54, 1.807) is 6.92 Å². The highest BCUT2D eigenvalue weighted by Crippen LogP contribution is 2.12. The number of hydrogen-bond acceptors (Lipinski definition) is 4. The second kappa shape index (κ2) is 6.01. The number of aromatic nitrogens is 2. The summed E-state index contributed by atoms with van der Waals surface area (Å²) in [5, 5.41) is 11.7. The molecule has 0 unspecified atom stereocenters. The Morgan fingerprint density at radius 1 is 1.35 bits per heavy atom. The zero-order valence-electron chi connectivity index (χ0n) is 11.0. The number of anilines is 2. The molecule has 0 bridgehead atoms. The van der Waals surface area contributed by atoms with Crippen LogP contribution in [0.25, 0.3) is 0 Å². The molecular formula is C14H15N3O3. The van der Waals surface area contributed by atoms with Crippen LogP contribution in [0.1, 0.15) is 17.7 Å². The first-order chi connectivity index (χ1) is 9.56. The number of carboxylic acid groups (broad SMARTS) is 1. The molecule has 1 heterocycles. The second-order valence-corrected chi connectivity index (χ2v) is 4.36. The number of aliphatic carboxylic acids is 1. The summed E-state index contributed by atoms with van der Waals surface area (Å²) in [6.45, 7) is 1.70. The largest absolute Gasteiger partial charge is 0.481 e. The van der Waals surface area contributed by atoms with Crippen molar-refractivity contribution in [3.8, 4) is 0 Å². The average molecular weight is 273 g/mol. The Morgan fingerprint density at radius 3 is 2.65 bits per heavy atom. The van der Waals surface area contributed by atoms with Crippen molar-refractivity contribution in [3.05, 3.63) is 51.9 Å². The summed E-state index contributed by atoms with van der Waals surface area (Å²) < 4.78 is 0. The molecule has 0 amide bonds. The number of nitrogens with one attached hydrogen (secondary N) is 2. The van der Waals surface area contributed by atoms with Gasteiger partial charge in [0.05, 0.1) is 0 Å². The van der Waals surface area contributed by atoms with Crippen LogP contribution in [0.4, 0.5) is 11.6 Å². The monoisotopic (exact) mass is 273 g/mol. The zero-order valence-corrected chi connectivity index (χ0v) is 11.0. The van der Waals surface area contributed by atoms with Crippen molar-refractivity contribution in [2.75, 3.05) is 5.32 Å². The summed E-state index contributed by atoms with van der Waals surface area (Å²) in [7, 11) is 0. The predicted molar refractivity (Wildman–Crippen MR) is 75.3 cm³/mol. The number of nitrogens with zero attached hydrogens (tertiary/aromatic N) is 1. The summed E-state index contributed by atoms with van der Waals surface area (Å²) in [5.74, 6) is -0.590. The molecule has 0 aliphatic heterocycles. The van der Waals surface area contributed by atoms with Gasteiger partial charge in [0.2, 0.25) is 5.95 Å². The number of para-hydroxylation sites is 1. The standard InChI is InChI=1S/C14H15N3O3/c1-9-11(7-8-12(18)19)13(20)17-14(15-9)16-10-5-3-2-4-6-10/h2-6H,7-8H2,1H3,(H,18,19)(H2,15,16,17,20). The van der Waals surface area contributed by atoms with Gasteiger partial charge >= 0.3 is 5.97 Å². The van der Waals surface area contributed by atoms with Crippen LogP contribution in [0.2, 0.25) is 0 Å². The lowest BCUT2D eigenvalue weighted by Gasteiger charge is -2.08. The van der Waals surface area contributed by atoms with Gasteiger partial charge in [-0.05, 0) is 25.5 Å². The fourth-order valence-corrected chi connectivity index (χ4v) is 1.85. The number of rotatable bonds is 5. The molecule has 0 saturated carbocycles. The molecule has 6 heteroatoms. The van der Waals surface area contributed by atoms with Crippen molar-refractivity contribution >= 4 is 17.6 Å². The number of H-pyrrole nitrogens is 1. The Kier molecular flexibility index (Phi) is 4.14. The molecule has 1 aromatic heterocycles. The van der Waals surface area contributed by atoms with Crippen LogP contribution in [0, 0.1) is 6.92 Å². The lowest BCUT2D eigenvalue weighted by Crippen LogP contribution is -2.19. The van der Waals surface area contributed by atoms with Crippen LogP contribution in [-0.4, -0.2) is 21.0 Å². The smallest absolute Gasteiger partial charge is 0.303 e. The number of aryl methyl sites for hydroxylation is 1. The topological polar surface area (TPSA) is 95.1 Å². The van der Waals surface area contributed by atoms with E-state index in [0.29, 0.717) is 17.2 Å². The van der Waals surface area contributed by atoms with Gasteiger partial charge in [0.15, 0.2) is 0 Å². The van der Waals surface area contributed by atoms with Gasteiger partial charge in [-0.25, -0.2) is 4.98 Å². The molecule has 6 nitrogen and oxygen atoms in total. The number of benzene rings is 1. The molecular weight excluding hydrogens is 258 g/mol. The lowest BCUT2D eigenvalue weighted by molar-refractivity contribution is -0.136. The molecule has 1 aromatic carbocycles. The number of carboxylic acids is 1. The Morgan fingerprint density at radius 2 is 2.05 bits per heavy atom. The van der Waals surface area contributed by atoms with Crippen molar-refractivity contribution in [2.45, 2.75) is 19.8 Å². The van der Waals surface area contributed by atoms with Gasteiger partial charge in [0.25, 0.3) is 5.56 Å². The second-order valence-electron chi connectivity index (χ2n) is 4.36. The number of aromatic amines is 1. The van der Waals surface area contributed by atoms with E-state index in [2.05, 4.69) is 15.3 Å². The van der Waals surface area contributed by atoms with Crippen molar-refractivity contribution < 1.29 is 9.90 Å². The third-order valence-corrected chi connectivity index (χ3v) is 2.85. The first kappa shape index (κ1) is 13.8. The summed E-state index contributed by atoms with van der Waals surface area (Å²) in [5.41, 5.74) is 1.45. The van der Waals surface area contributed by atoms with Gasteiger partial charge in [-0.15, -0.1) is 0 Å². The van der Waals surface area contributed by atoms with E-state index in [1.807, 2.05) is 30.3 Å². The molecule has 20 heavy (non-hydrogen) atoms. The third kappa shape index (κ3) is 3.44. The van der Waals surface area contributed by atoms with Gasteiger partial charge in [0.1, 0.15) is 0 Å². The maximum Gasteiger partial charge on any atom is 0.303 e. The van der Waals surface area contributed by atoms with Crippen LogP contribution < -0.4 is 10.9 Å². The molecule has 0 radical (unpaired) electrons. The average Bonchev–Trinajstić information content (AvgIpc) is 2.38. The number of hydrogen-bond donors (Lipinski definition) is 3. The molecule has 2 aromatic rings. The Balaban J connectivity index is 2.22. The van der Waals surface area contributed by atoms with Crippen molar-refractivity contribution in [3.63, 3.8) is 0 Å². The fourth-order valence-electron chi connectivity index (χ4n) is 1.85. The molecule has 0 atom stereocenters. The third-order valence-electron chi connectivity index (χ3n) is 2.85. The Labute approximate surface area is 115 Å². The normalized spacial score (nSPS) is 10.2. The Hall–Kier alpha value is -2.63. The van der Waals surface area contributed by atoms with E-state index in [0.717, 1.165) is 5.69 Å². The maximum absolute atomic E-state index is 11.9. The highest BCUT2D eigenvalue weighted by molar-refractivity contribution is 5.67. The SMILES string of the molecule is Cc1nc(Nc2ccccc2)[nH]c(=O)c1CCC(=O)O. The summed E-state index contributed by atoms with van der Waals surface area (Å²) in [6, 6.07) is 9.34. The Bertz CT molecular complexity index is 665. The summed E-state index contributed by atoms with van der Waals surface area (Å²) in [4.78, 5) is 29.4. The van der Waals surface area contributed by atoms with Crippen molar-refractivity contribution in [1.82, 2.24) is 9.97 Å². The van der Waals surface area contributed by atoms with Crippen LogP contribution in [0.15, 0.2) is 35.1 Å². The van der Waals surface area contributed by atoms with Crippen molar-refractivity contribution in [1.29, 1.82) is 0 Å². The van der Waals surface area contributed by atoms with Crippen LogP contribution in [0.5, 0.6) is 0 Å². The summed E-state index contributed by atoms with van der Waals surface area (Å²) in [6.07, 6.45) is 0.0895. The van der Waals surface area contributed by atoms with E-state index in [4.69, 9.17) is 5.11 Å². The van der Waals surface area contributed by atoms with Crippen LogP contribution >= 0.6 is 0 Å². The first-order valence-corrected chi connectivity index (χ1v) is 6.20. The van der Waals surface area contributed by atoms with E-state index in [1.165, 1.54) is 0 Å². The molecule has 3 N–H and O–H groups in total. The van der Waals surface area contributed by atoms with Crippen LogP contribution in [-0.2, 0) is 11.2 Å². The molecule has 0 spiro atoms. The van der Waals surface area contributed by atoms with Gasteiger partial charge in [0, 0.05) is 23.4 Å². The van der Waals surface area contributed by atoms with E-state index < -0.39 is 5.97 Å². The van der Waals surface area contributed by atoms with E-state index in [-0.39, 0.29) is 18.4 Å². The van der Waals surface area contributed by atoms with E-state index >= 15 is 0 Å². The maximum atomic E-state index is 11.9. The minimum absolute atomic E-state index is 0.0862. The molecule has 0 aliphatic carbocycles. The molecule has 0 fully saturated rings.